The van der Waals surface area contributed by atoms with Crippen molar-refractivity contribution in [2.75, 3.05) is 13.7 Å². The van der Waals surface area contributed by atoms with Crippen molar-refractivity contribution in [3.63, 3.8) is 0 Å². The second-order valence-corrected chi connectivity index (χ2v) is 6.92. The standard InChI is InChI=1S/C22H23N3O3/c1-27-18-12-10-17(11-13-18)21-23-22(28-24-21)19-8-5-15-25(19)20(26)14-9-16-6-3-2-4-7-16/h2-4,6-7,10-13,19H,5,8-9,14-15H2,1H3/t19-/m1/s1. The van der Waals surface area contributed by atoms with Gasteiger partial charge in [-0.05, 0) is 49.1 Å². The third kappa shape index (κ3) is 3.91. The number of benzene rings is 2. The van der Waals surface area contributed by atoms with Crippen LogP contribution in [-0.4, -0.2) is 34.6 Å². The van der Waals surface area contributed by atoms with Gasteiger partial charge in [0.25, 0.3) is 0 Å². The molecule has 0 N–H and O–H groups in total. The smallest absolute Gasteiger partial charge is 0.249 e. The fourth-order valence-electron chi connectivity index (χ4n) is 3.59. The van der Waals surface area contributed by atoms with Gasteiger partial charge in [-0.1, -0.05) is 35.5 Å². The number of amides is 1. The summed E-state index contributed by atoms with van der Waals surface area (Å²) < 4.78 is 10.7. The van der Waals surface area contributed by atoms with Gasteiger partial charge in [-0.2, -0.15) is 4.98 Å². The number of aryl methyl sites for hydroxylation is 1. The minimum Gasteiger partial charge on any atom is -0.497 e. The van der Waals surface area contributed by atoms with E-state index >= 15 is 0 Å². The Labute approximate surface area is 164 Å². The summed E-state index contributed by atoms with van der Waals surface area (Å²) in [4.78, 5) is 19.2. The van der Waals surface area contributed by atoms with Crippen LogP contribution >= 0.6 is 0 Å². The predicted octanol–water partition coefficient (Wildman–Crippen LogP) is 4.04. The van der Waals surface area contributed by atoms with Crippen LogP contribution in [0.25, 0.3) is 11.4 Å². The van der Waals surface area contributed by atoms with Gasteiger partial charge in [0.05, 0.1) is 7.11 Å². The molecule has 0 unspecified atom stereocenters. The highest BCUT2D eigenvalue weighted by Crippen LogP contribution is 2.33. The van der Waals surface area contributed by atoms with Crippen molar-refractivity contribution in [3.8, 4) is 17.1 Å². The Morgan fingerprint density at radius 3 is 2.71 bits per heavy atom. The molecule has 4 rings (SSSR count). The molecule has 6 nitrogen and oxygen atoms in total. The first-order chi connectivity index (χ1) is 13.7. The van der Waals surface area contributed by atoms with Crippen LogP contribution in [0.5, 0.6) is 5.75 Å². The van der Waals surface area contributed by atoms with E-state index in [-0.39, 0.29) is 11.9 Å². The number of aromatic nitrogens is 2. The second kappa shape index (κ2) is 8.25. The minimum atomic E-state index is -0.136. The minimum absolute atomic E-state index is 0.135. The molecule has 0 spiro atoms. The van der Waals surface area contributed by atoms with Crippen LogP contribution in [0.15, 0.2) is 59.1 Å². The monoisotopic (exact) mass is 377 g/mol. The molecule has 28 heavy (non-hydrogen) atoms. The van der Waals surface area contributed by atoms with Crippen molar-refractivity contribution in [2.24, 2.45) is 0 Å². The normalized spacial score (nSPS) is 16.3. The number of hydrogen-bond donors (Lipinski definition) is 0. The van der Waals surface area contributed by atoms with E-state index < -0.39 is 0 Å². The Hall–Kier alpha value is -3.15. The van der Waals surface area contributed by atoms with Gasteiger partial charge < -0.3 is 14.2 Å². The molecule has 1 aliphatic heterocycles. The third-order valence-corrected chi connectivity index (χ3v) is 5.12. The molecule has 0 radical (unpaired) electrons. The molecule has 1 atom stereocenters. The quantitative estimate of drug-likeness (QED) is 0.648. The average molecular weight is 377 g/mol. The van der Waals surface area contributed by atoms with Crippen molar-refractivity contribution in [2.45, 2.75) is 31.7 Å². The van der Waals surface area contributed by atoms with Gasteiger partial charge in [0.2, 0.25) is 17.6 Å². The maximum atomic E-state index is 12.8. The number of carbonyl (C=O) groups is 1. The zero-order valence-electron chi connectivity index (χ0n) is 15.9. The van der Waals surface area contributed by atoms with Crippen LogP contribution in [0.2, 0.25) is 0 Å². The SMILES string of the molecule is COc1ccc(-c2noc([C@H]3CCCN3C(=O)CCc3ccccc3)n2)cc1. The fourth-order valence-corrected chi connectivity index (χ4v) is 3.59. The van der Waals surface area contributed by atoms with E-state index in [2.05, 4.69) is 10.1 Å². The summed E-state index contributed by atoms with van der Waals surface area (Å²) in [5.41, 5.74) is 2.03. The van der Waals surface area contributed by atoms with Gasteiger partial charge in [-0.15, -0.1) is 0 Å². The zero-order chi connectivity index (χ0) is 19.3. The largest absolute Gasteiger partial charge is 0.497 e. The van der Waals surface area contributed by atoms with Gasteiger partial charge in [0, 0.05) is 18.5 Å². The average Bonchev–Trinajstić information content (AvgIpc) is 3.42. The van der Waals surface area contributed by atoms with Crippen molar-refractivity contribution >= 4 is 5.91 Å². The van der Waals surface area contributed by atoms with Gasteiger partial charge >= 0.3 is 0 Å². The zero-order valence-corrected chi connectivity index (χ0v) is 15.9. The lowest BCUT2D eigenvalue weighted by molar-refractivity contribution is -0.132. The molecule has 1 fully saturated rings. The van der Waals surface area contributed by atoms with Crippen molar-refractivity contribution in [1.29, 1.82) is 0 Å². The summed E-state index contributed by atoms with van der Waals surface area (Å²) in [5.74, 6) is 1.95. The molecule has 1 aromatic heterocycles. The molecule has 6 heteroatoms. The summed E-state index contributed by atoms with van der Waals surface area (Å²) >= 11 is 0. The number of carbonyl (C=O) groups excluding carboxylic acids is 1. The number of likely N-dealkylation sites (tertiary alicyclic amines) is 1. The van der Waals surface area contributed by atoms with E-state index in [1.165, 1.54) is 5.56 Å². The molecule has 2 heterocycles. The summed E-state index contributed by atoms with van der Waals surface area (Å²) in [7, 11) is 1.63. The highest BCUT2D eigenvalue weighted by molar-refractivity contribution is 5.77. The fraction of sp³-hybridized carbons (Fsp3) is 0.318. The Bertz CT molecular complexity index is 922. The number of rotatable bonds is 6. The third-order valence-electron chi connectivity index (χ3n) is 5.12. The number of hydrogen-bond acceptors (Lipinski definition) is 5. The number of ether oxygens (including phenoxy) is 1. The lowest BCUT2D eigenvalue weighted by Crippen LogP contribution is -2.30. The van der Waals surface area contributed by atoms with Crippen molar-refractivity contribution < 1.29 is 14.1 Å². The molecule has 144 valence electrons. The number of nitrogens with zero attached hydrogens (tertiary/aromatic N) is 3. The molecule has 3 aromatic rings. The Kier molecular flexibility index (Phi) is 5.37. The molecular weight excluding hydrogens is 354 g/mol. The molecule has 2 aromatic carbocycles. The van der Waals surface area contributed by atoms with Crippen LogP contribution < -0.4 is 4.74 Å². The predicted molar refractivity (Wildman–Crippen MR) is 105 cm³/mol. The van der Waals surface area contributed by atoms with Crippen molar-refractivity contribution in [3.05, 3.63) is 66.1 Å². The van der Waals surface area contributed by atoms with E-state index in [0.717, 1.165) is 37.1 Å². The second-order valence-electron chi connectivity index (χ2n) is 6.92. The first kappa shape index (κ1) is 18.2. The Morgan fingerprint density at radius 1 is 1.18 bits per heavy atom. The highest BCUT2D eigenvalue weighted by atomic mass is 16.5. The molecule has 1 saturated heterocycles. The first-order valence-electron chi connectivity index (χ1n) is 9.56. The molecular formula is C22H23N3O3. The van der Waals surface area contributed by atoms with Gasteiger partial charge in [0.15, 0.2) is 0 Å². The summed E-state index contributed by atoms with van der Waals surface area (Å²) in [5, 5.41) is 4.11. The van der Waals surface area contributed by atoms with E-state index in [9.17, 15) is 4.79 Å². The van der Waals surface area contributed by atoms with E-state index in [1.807, 2.05) is 59.5 Å². The van der Waals surface area contributed by atoms with Gasteiger partial charge in [-0.25, -0.2) is 0 Å². The van der Waals surface area contributed by atoms with Crippen LogP contribution in [0.3, 0.4) is 0 Å². The number of methoxy groups -OCH3 is 1. The highest BCUT2D eigenvalue weighted by Gasteiger charge is 2.33. The van der Waals surface area contributed by atoms with Crippen molar-refractivity contribution in [1.82, 2.24) is 15.0 Å². The Balaban J connectivity index is 1.44. The molecule has 0 bridgehead atoms. The Morgan fingerprint density at radius 2 is 1.96 bits per heavy atom. The maximum absolute atomic E-state index is 12.8. The molecule has 0 saturated carbocycles. The molecule has 0 aliphatic carbocycles. The van der Waals surface area contributed by atoms with Crippen LogP contribution in [0, 0.1) is 0 Å². The summed E-state index contributed by atoms with van der Waals surface area (Å²) in [6, 6.07) is 17.5. The van der Waals surface area contributed by atoms with Crippen LogP contribution in [0.1, 0.15) is 36.8 Å². The first-order valence-corrected chi connectivity index (χ1v) is 9.56. The van der Waals surface area contributed by atoms with Crippen LogP contribution in [0.4, 0.5) is 0 Å². The van der Waals surface area contributed by atoms with E-state index in [4.69, 9.17) is 9.26 Å². The molecule has 1 amide bonds. The summed E-state index contributed by atoms with van der Waals surface area (Å²) in [6.45, 7) is 0.735. The lowest BCUT2D eigenvalue weighted by Gasteiger charge is -2.21. The topological polar surface area (TPSA) is 68.5 Å². The summed E-state index contributed by atoms with van der Waals surface area (Å²) in [6.07, 6.45) is 3.02. The van der Waals surface area contributed by atoms with E-state index in [1.54, 1.807) is 7.11 Å². The van der Waals surface area contributed by atoms with Gasteiger partial charge in [0.1, 0.15) is 11.8 Å². The molecule has 1 aliphatic rings. The van der Waals surface area contributed by atoms with Crippen LogP contribution in [-0.2, 0) is 11.2 Å². The van der Waals surface area contributed by atoms with Gasteiger partial charge in [-0.3, -0.25) is 4.79 Å². The van der Waals surface area contributed by atoms with E-state index in [0.29, 0.717) is 18.1 Å². The lowest BCUT2D eigenvalue weighted by atomic mass is 10.1. The maximum Gasteiger partial charge on any atom is 0.249 e.